The third-order valence-electron chi connectivity index (χ3n) is 2.61. The van der Waals surface area contributed by atoms with Gasteiger partial charge in [0.05, 0.1) is 0 Å². The zero-order valence-electron chi connectivity index (χ0n) is 10.0. The standard InChI is InChI=1S/C14H11Cl2N3/c15-11-2-1-10(14(16)7-11)3-5-18-12-4-6-19-13(8-12)9-17/h1-2,4,6-8H,3,5H2,(H,18,19). The molecule has 0 atom stereocenters. The van der Waals surface area contributed by atoms with Gasteiger partial charge in [-0.3, -0.25) is 0 Å². The van der Waals surface area contributed by atoms with Crippen molar-refractivity contribution in [3.05, 3.63) is 57.8 Å². The molecule has 0 unspecified atom stereocenters. The van der Waals surface area contributed by atoms with Crippen molar-refractivity contribution in [1.82, 2.24) is 4.98 Å². The van der Waals surface area contributed by atoms with Crippen LogP contribution < -0.4 is 5.32 Å². The van der Waals surface area contributed by atoms with Crippen molar-refractivity contribution in [3.63, 3.8) is 0 Å². The van der Waals surface area contributed by atoms with Crippen LogP contribution in [0, 0.1) is 11.3 Å². The normalized spacial score (nSPS) is 9.95. The van der Waals surface area contributed by atoms with Crippen LogP contribution in [0.15, 0.2) is 36.5 Å². The molecule has 19 heavy (non-hydrogen) atoms. The molecular formula is C14H11Cl2N3. The van der Waals surface area contributed by atoms with Gasteiger partial charge in [-0.1, -0.05) is 29.3 Å². The van der Waals surface area contributed by atoms with Gasteiger partial charge in [-0.25, -0.2) is 4.98 Å². The van der Waals surface area contributed by atoms with E-state index in [-0.39, 0.29) is 0 Å². The van der Waals surface area contributed by atoms with E-state index in [9.17, 15) is 0 Å². The SMILES string of the molecule is N#Cc1cc(NCCc2ccc(Cl)cc2Cl)ccn1. The first-order chi connectivity index (χ1) is 9.19. The van der Waals surface area contributed by atoms with Gasteiger partial charge in [-0.15, -0.1) is 0 Å². The second-order valence-corrected chi connectivity index (χ2v) is 4.80. The Labute approximate surface area is 121 Å². The monoisotopic (exact) mass is 291 g/mol. The summed E-state index contributed by atoms with van der Waals surface area (Å²) in [6, 6.07) is 11.0. The van der Waals surface area contributed by atoms with Crippen LogP contribution in [-0.2, 0) is 6.42 Å². The van der Waals surface area contributed by atoms with Crippen molar-refractivity contribution in [2.75, 3.05) is 11.9 Å². The van der Waals surface area contributed by atoms with Crippen molar-refractivity contribution in [2.45, 2.75) is 6.42 Å². The predicted octanol–water partition coefficient (Wildman–Crippen LogP) is 3.91. The molecule has 0 fully saturated rings. The number of aromatic nitrogens is 1. The van der Waals surface area contributed by atoms with Crippen LogP contribution in [-0.4, -0.2) is 11.5 Å². The average molecular weight is 292 g/mol. The van der Waals surface area contributed by atoms with Crippen molar-refractivity contribution < 1.29 is 0 Å². The summed E-state index contributed by atoms with van der Waals surface area (Å²) in [7, 11) is 0. The van der Waals surface area contributed by atoms with Gasteiger partial charge in [0.25, 0.3) is 0 Å². The minimum atomic E-state index is 0.398. The summed E-state index contributed by atoms with van der Waals surface area (Å²) in [5.74, 6) is 0. The Hall–Kier alpha value is -1.76. The highest BCUT2D eigenvalue weighted by Gasteiger charge is 2.01. The summed E-state index contributed by atoms with van der Waals surface area (Å²) < 4.78 is 0. The van der Waals surface area contributed by atoms with Gasteiger partial charge >= 0.3 is 0 Å². The van der Waals surface area contributed by atoms with Crippen molar-refractivity contribution in [2.24, 2.45) is 0 Å². The molecule has 2 aromatic rings. The van der Waals surface area contributed by atoms with Crippen molar-refractivity contribution >= 4 is 28.9 Å². The quantitative estimate of drug-likeness (QED) is 0.929. The fourth-order valence-electron chi connectivity index (χ4n) is 1.67. The molecule has 1 aromatic heterocycles. The minimum Gasteiger partial charge on any atom is -0.385 e. The van der Waals surface area contributed by atoms with Crippen LogP contribution in [0.3, 0.4) is 0 Å². The summed E-state index contributed by atoms with van der Waals surface area (Å²) in [5.41, 5.74) is 2.30. The highest BCUT2D eigenvalue weighted by molar-refractivity contribution is 6.35. The number of halogens is 2. The number of nitriles is 1. The molecule has 5 heteroatoms. The molecule has 0 aliphatic heterocycles. The summed E-state index contributed by atoms with van der Waals surface area (Å²) >= 11 is 11.9. The Balaban J connectivity index is 1.94. The van der Waals surface area contributed by atoms with Crippen LogP contribution in [0.2, 0.25) is 10.0 Å². The molecular weight excluding hydrogens is 281 g/mol. The molecule has 3 nitrogen and oxygen atoms in total. The van der Waals surface area contributed by atoms with E-state index in [0.717, 1.165) is 24.2 Å². The van der Waals surface area contributed by atoms with E-state index in [1.165, 1.54) is 0 Å². The number of pyridine rings is 1. The number of benzene rings is 1. The topological polar surface area (TPSA) is 48.7 Å². The fourth-order valence-corrected chi connectivity index (χ4v) is 2.17. The van der Waals surface area contributed by atoms with Gasteiger partial charge in [0.15, 0.2) is 0 Å². The van der Waals surface area contributed by atoms with Crippen LogP contribution in [0.4, 0.5) is 5.69 Å². The first-order valence-corrected chi connectivity index (χ1v) is 6.48. The lowest BCUT2D eigenvalue weighted by atomic mass is 10.1. The lowest BCUT2D eigenvalue weighted by Crippen LogP contribution is -2.05. The van der Waals surface area contributed by atoms with Crippen molar-refractivity contribution in [1.29, 1.82) is 5.26 Å². The maximum atomic E-state index is 8.76. The fraction of sp³-hybridized carbons (Fsp3) is 0.143. The van der Waals surface area contributed by atoms with Gasteiger partial charge in [-0.05, 0) is 36.2 Å². The highest BCUT2D eigenvalue weighted by atomic mass is 35.5. The molecule has 0 aliphatic carbocycles. The smallest absolute Gasteiger partial charge is 0.142 e. The summed E-state index contributed by atoms with van der Waals surface area (Å²) in [5, 5.41) is 13.3. The molecule has 0 bridgehead atoms. The maximum absolute atomic E-state index is 8.76. The Kier molecular flexibility index (Phi) is 4.62. The van der Waals surface area contributed by atoms with Gasteiger partial charge in [0, 0.05) is 28.5 Å². The summed E-state index contributed by atoms with van der Waals surface area (Å²) in [4.78, 5) is 3.91. The van der Waals surface area contributed by atoms with Gasteiger partial charge in [-0.2, -0.15) is 5.26 Å². The molecule has 0 saturated heterocycles. The Morgan fingerprint density at radius 1 is 1.21 bits per heavy atom. The second-order valence-electron chi connectivity index (χ2n) is 3.95. The third-order valence-corrected chi connectivity index (χ3v) is 3.20. The van der Waals surface area contributed by atoms with E-state index in [4.69, 9.17) is 28.5 Å². The molecule has 2 rings (SSSR count). The van der Waals surface area contributed by atoms with Crippen LogP contribution >= 0.6 is 23.2 Å². The Morgan fingerprint density at radius 3 is 2.79 bits per heavy atom. The number of rotatable bonds is 4. The number of nitrogens with one attached hydrogen (secondary N) is 1. The molecule has 0 amide bonds. The first kappa shape index (κ1) is 13.7. The van der Waals surface area contributed by atoms with Crippen molar-refractivity contribution in [3.8, 4) is 6.07 Å². The van der Waals surface area contributed by atoms with Gasteiger partial charge in [0.1, 0.15) is 11.8 Å². The molecule has 0 radical (unpaired) electrons. The van der Waals surface area contributed by atoms with Gasteiger partial charge in [0.2, 0.25) is 0 Å². The lowest BCUT2D eigenvalue weighted by Gasteiger charge is -2.08. The van der Waals surface area contributed by atoms with Crippen LogP contribution in [0.5, 0.6) is 0 Å². The van der Waals surface area contributed by atoms with E-state index in [2.05, 4.69) is 10.3 Å². The van der Waals surface area contributed by atoms with E-state index in [1.807, 2.05) is 24.3 Å². The van der Waals surface area contributed by atoms with E-state index >= 15 is 0 Å². The lowest BCUT2D eigenvalue weighted by molar-refractivity contribution is 1.02. The van der Waals surface area contributed by atoms with E-state index < -0.39 is 0 Å². The minimum absolute atomic E-state index is 0.398. The first-order valence-electron chi connectivity index (χ1n) is 5.73. The highest BCUT2D eigenvalue weighted by Crippen LogP contribution is 2.21. The zero-order chi connectivity index (χ0) is 13.7. The van der Waals surface area contributed by atoms with Crippen LogP contribution in [0.1, 0.15) is 11.3 Å². The van der Waals surface area contributed by atoms with E-state index in [0.29, 0.717) is 15.7 Å². The maximum Gasteiger partial charge on any atom is 0.142 e. The zero-order valence-corrected chi connectivity index (χ0v) is 11.5. The molecule has 0 saturated carbocycles. The third kappa shape index (κ3) is 3.85. The number of nitrogens with zero attached hydrogens (tertiary/aromatic N) is 2. The molecule has 1 N–H and O–H groups in total. The second kappa shape index (κ2) is 6.42. The number of hydrogen-bond acceptors (Lipinski definition) is 3. The van der Waals surface area contributed by atoms with Gasteiger partial charge < -0.3 is 5.32 Å². The Bertz CT molecular complexity index is 620. The molecule has 1 heterocycles. The number of anilines is 1. The van der Waals surface area contributed by atoms with Crippen LogP contribution in [0.25, 0.3) is 0 Å². The Morgan fingerprint density at radius 2 is 2.05 bits per heavy atom. The summed E-state index contributed by atoms with van der Waals surface area (Å²) in [6.07, 6.45) is 2.39. The average Bonchev–Trinajstić information content (AvgIpc) is 2.41. The molecule has 96 valence electrons. The summed E-state index contributed by atoms with van der Waals surface area (Å²) in [6.45, 7) is 0.718. The molecule has 1 aromatic carbocycles. The van der Waals surface area contributed by atoms with E-state index in [1.54, 1.807) is 18.3 Å². The number of hydrogen-bond donors (Lipinski definition) is 1. The largest absolute Gasteiger partial charge is 0.385 e. The molecule has 0 aliphatic rings. The molecule has 0 spiro atoms. The predicted molar refractivity (Wildman–Crippen MR) is 77.6 cm³/mol.